The zero-order valence-corrected chi connectivity index (χ0v) is 8.92. The van der Waals surface area contributed by atoms with Gasteiger partial charge in [-0.3, -0.25) is 14.8 Å². The van der Waals surface area contributed by atoms with Crippen molar-refractivity contribution in [2.45, 2.75) is 0 Å². The first-order chi connectivity index (χ1) is 8.00. The van der Waals surface area contributed by atoms with Crippen molar-refractivity contribution in [3.05, 3.63) is 40.3 Å². The Labute approximate surface area is 95.6 Å². The summed E-state index contributed by atoms with van der Waals surface area (Å²) in [6.45, 7) is 0. The van der Waals surface area contributed by atoms with Crippen molar-refractivity contribution >= 4 is 11.4 Å². The molecular weight excluding hydrogens is 227 g/mol. The van der Waals surface area contributed by atoms with E-state index in [1.807, 2.05) is 0 Å². The van der Waals surface area contributed by atoms with E-state index in [1.54, 1.807) is 7.05 Å². The van der Waals surface area contributed by atoms with E-state index >= 15 is 0 Å². The third-order valence-corrected chi connectivity index (χ3v) is 2.38. The quantitative estimate of drug-likeness (QED) is 0.635. The lowest BCUT2D eigenvalue weighted by molar-refractivity contribution is -0.387. The number of hydrogen-bond acceptors (Lipinski definition) is 4. The largest absolute Gasteiger partial charge is 0.396 e. The summed E-state index contributed by atoms with van der Waals surface area (Å²) in [6.07, 6.45) is 1.44. The standard InChI is InChI=1S/C10H9FN4O2/c1-14-10(8(12)5-13-14)6-2-3-9(15(16)17)7(11)4-6/h2-5H,12H2,1H3. The monoisotopic (exact) mass is 236 g/mol. The van der Waals surface area contributed by atoms with E-state index in [4.69, 9.17) is 5.73 Å². The lowest BCUT2D eigenvalue weighted by atomic mass is 10.1. The van der Waals surface area contributed by atoms with Gasteiger partial charge in [-0.2, -0.15) is 9.49 Å². The van der Waals surface area contributed by atoms with Crippen molar-refractivity contribution in [3.8, 4) is 11.3 Å². The minimum absolute atomic E-state index is 0.390. The highest BCUT2D eigenvalue weighted by Gasteiger charge is 2.16. The fraction of sp³-hybridized carbons (Fsp3) is 0.100. The van der Waals surface area contributed by atoms with Gasteiger partial charge in [-0.25, -0.2) is 0 Å². The van der Waals surface area contributed by atoms with Gasteiger partial charge in [0.05, 0.1) is 22.5 Å². The minimum atomic E-state index is -0.895. The van der Waals surface area contributed by atoms with Crippen molar-refractivity contribution < 1.29 is 9.31 Å². The number of nitro benzene ring substituents is 1. The van der Waals surface area contributed by atoms with Gasteiger partial charge in [0.25, 0.3) is 0 Å². The predicted molar refractivity (Wildman–Crippen MR) is 59.7 cm³/mol. The van der Waals surface area contributed by atoms with Crippen LogP contribution in [0, 0.1) is 15.9 Å². The Morgan fingerprint density at radius 1 is 1.53 bits per heavy atom. The molecule has 0 radical (unpaired) electrons. The van der Waals surface area contributed by atoms with Gasteiger partial charge in [0.1, 0.15) is 0 Å². The molecule has 7 heteroatoms. The Kier molecular flexibility index (Phi) is 2.51. The highest BCUT2D eigenvalue weighted by atomic mass is 19.1. The summed E-state index contributed by atoms with van der Waals surface area (Å²) < 4.78 is 14.9. The fourth-order valence-electron chi connectivity index (χ4n) is 1.61. The second kappa shape index (κ2) is 3.85. The van der Waals surface area contributed by atoms with Gasteiger partial charge in [0.15, 0.2) is 0 Å². The van der Waals surface area contributed by atoms with Crippen LogP contribution in [0.25, 0.3) is 11.3 Å². The van der Waals surface area contributed by atoms with E-state index < -0.39 is 16.4 Å². The SMILES string of the molecule is Cn1ncc(N)c1-c1ccc([N+](=O)[O-])c(F)c1. The van der Waals surface area contributed by atoms with E-state index in [-0.39, 0.29) is 0 Å². The smallest absolute Gasteiger partial charge is 0.304 e. The van der Waals surface area contributed by atoms with Gasteiger partial charge in [0.2, 0.25) is 5.82 Å². The summed E-state index contributed by atoms with van der Waals surface area (Å²) in [5.74, 6) is -0.895. The molecule has 1 aromatic carbocycles. The Morgan fingerprint density at radius 2 is 2.24 bits per heavy atom. The number of nitrogens with two attached hydrogens (primary N) is 1. The zero-order chi connectivity index (χ0) is 12.6. The van der Waals surface area contributed by atoms with Crippen LogP contribution in [-0.4, -0.2) is 14.7 Å². The van der Waals surface area contributed by atoms with Gasteiger partial charge in [-0.1, -0.05) is 0 Å². The number of aromatic nitrogens is 2. The Bertz CT molecular complexity index is 574. The summed E-state index contributed by atoms with van der Waals surface area (Å²) in [5, 5.41) is 14.4. The average molecular weight is 236 g/mol. The molecule has 0 saturated carbocycles. The Hall–Kier alpha value is -2.44. The molecular formula is C10H9FN4O2. The molecule has 0 atom stereocenters. The zero-order valence-electron chi connectivity index (χ0n) is 8.92. The Morgan fingerprint density at radius 3 is 2.71 bits per heavy atom. The molecule has 17 heavy (non-hydrogen) atoms. The number of aryl methyl sites for hydroxylation is 1. The number of nitrogen functional groups attached to an aromatic ring is 1. The number of anilines is 1. The molecule has 1 aromatic heterocycles. The molecule has 1 heterocycles. The van der Waals surface area contributed by atoms with Gasteiger partial charge in [0, 0.05) is 18.7 Å². The number of nitrogens with zero attached hydrogens (tertiary/aromatic N) is 3. The van der Waals surface area contributed by atoms with Crippen LogP contribution in [0.5, 0.6) is 0 Å². The van der Waals surface area contributed by atoms with E-state index in [0.717, 1.165) is 12.1 Å². The van der Waals surface area contributed by atoms with Crippen LogP contribution in [0.3, 0.4) is 0 Å². The first kappa shape index (κ1) is 11.1. The number of halogens is 1. The molecule has 0 aliphatic carbocycles. The van der Waals surface area contributed by atoms with Crippen molar-refractivity contribution in [1.29, 1.82) is 0 Å². The summed E-state index contributed by atoms with van der Waals surface area (Å²) >= 11 is 0. The van der Waals surface area contributed by atoms with Crippen molar-refractivity contribution in [3.63, 3.8) is 0 Å². The maximum atomic E-state index is 13.4. The summed E-state index contributed by atoms with van der Waals surface area (Å²) in [4.78, 5) is 9.70. The van der Waals surface area contributed by atoms with E-state index in [1.165, 1.54) is 16.9 Å². The number of hydrogen-bond donors (Lipinski definition) is 1. The fourth-order valence-corrected chi connectivity index (χ4v) is 1.61. The molecule has 0 aliphatic heterocycles. The molecule has 2 rings (SSSR count). The van der Waals surface area contributed by atoms with Crippen molar-refractivity contribution in [2.75, 3.05) is 5.73 Å². The molecule has 6 nitrogen and oxygen atoms in total. The molecule has 2 N–H and O–H groups in total. The van der Waals surface area contributed by atoms with E-state index in [0.29, 0.717) is 16.9 Å². The molecule has 88 valence electrons. The lowest BCUT2D eigenvalue weighted by Gasteiger charge is -2.04. The van der Waals surface area contributed by atoms with Crippen LogP contribution in [-0.2, 0) is 7.05 Å². The summed E-state index contributed by atoms with van der Waals surface area (Å²) in [7, 11) is 1.66. The van der Waals surface area contributed by atoms with Crippen LogP contribution in [0.4, 0.5) is 15.8 Å². The minimum Gasteiger partial charge on any atom is -0.396 e. The second-order valence-electron chi connectivity index (χ2n) is 3.50. The van der Waals surface area contributed by atoms with E-state index in [2.05, 4.69) is 5.10 Å². The van der Waals surface area contributed by atoms with Crippen LogP contribution in [0.2, 0.25) is 0 Å². The predicted octanol–water partition coefficient (Wildman–Crippen LogP) is 1.72. The molecule has 0 saturated heterocycles. The third-order valence-electron chi connectivity index (χ3n) is 2.38. The van der Waals surface area contributed by atoms with Crippen LogP contribution in [0.15, 0.2) is 24.4 Å². The normalized spacial score (nSPS) is 10.5. The molecule has 0 aliphatic rings. The maximum Gasteiger partial charge on any atom is 0.304 e. The van der Waals surface area contributed by atoms with Crippen molar-refractivity contribution in [2.24, 2.45) is 7.05 Å². The molecule has 0 bridgehead atoms. The van der Waals surface area contributed by atoms with Gasteiger partial charge in [-0.05, 0) is 12.1 Å². The molecule has 0 fully saturated rings. The first-order valence-electron chi connectivity index (χ1n) is 4.72. The molecule has 2 aromatic rings. The highest BCUT2D eigenvalue weighted by Crippen LogP contribution is 2.28. The topological polar surface area (TPSA) is 87.0 Å². The van der Waals surface area contributed by atoms with Crippen LogP contribution < -0.4 is 5.73 Å². The number of nitro groups is 1. The molecule has 0 spiro atoms. The van der Waals surface area contributed by atoms with Crippen LogP contribution in [0.1, 0.15) is 0 Å². The number of benzene rings is 1. The van der Waals surface area contributed by atoms with Gasteiger partial charge in [-0.15, -0.1) is 0 Å². The van der Waals surface area contributed by atoms with Crippen molar-refractivity contribution in [1.82, 2.24) is 9.78 Å². The first-order valence-corrected chi connectivity index (χ1v) is 4.72. The van der Waals surface area contributed by atoms with E-state index in [9.17, 15) is 14.5 Å². The maximum absolute atomic E-state index is 13.4. The number of rotatable bonds is 2. The second-order valence-corrected chi connectivity index (χ2v) is 3.50. The van der Waals surface area contributed by atoms with Gasteiger partial charge < -0.3 is 5.73 Å². The average Bonchev–Trinajstić information content (AvgIpc) is 2.58. The van der Waals surface area contributed by atoms with Gasteiger partial charge >= 0.3 is 5.69 Å². The molecule has 0 amide bonds. The summed E-state index contributed by atoms with van der Waals surface area (Å²) in [5.41, 5.74) is 6.49. The highest BCUT2D eigenvalue weighted by molar-refractivity contribution is 5.73. The summed E-state index contributed by atoms with van der Waals surface area (Å²) in [6, 6.07) is 3.62. The van der Waals surface area contributed by atoms with Crippen LogP contribution >= 0.6 is 0 Å². The Balaban J connectivity index is 2.56. The third kappa shape index (κ3) is 1.82. The lowest BCUT2D eigenvalue weighted by Crippen LogP contribution is -1.98. The molecule has 0 unspecified atom stereocenters.